The Morgan fingerprint density at radius 2 is 0.789 bits per heavy atom. The van der Waals surface area contributed by atoms with E-state index in [1.165, 1.54) is 0 Å². The number of ether oxygens (including phenoxy) is 3. The summed E-state index contributed by atoms with van der Waals surface area (Å²) in [4.78, 5) is 0. The van der Waals surface area contributed by atoms with Gasteiger partial charge in [-0.05, 0) is 20.8 Å². The molecule has 0 aromatic rings. The molecule has 0 bridgehead atoms. The standard InChI is InChI=1S/3C4H9O2.Pr/c3*1-2-6-4-3-5;/h3*2-4H2,1H3;/q3*-1;+3. The summed E-state index contributed by atoms with van der Waals surface area (Å²) in [7, 11) is 0. The summed E-state index contributed by atoms with van der Waals surface area (Å²) < 4.78 is 14.0. The first-order valence-electron chi connectivity index (χ1n) is 6.22. The second-order valence-corrected chi connectivity index (χ2v) is 2.70. The van der Waals surface area contributed by atoms with Gasteiger partial charge in [-0.25, -0.2) is 0 Å². The van der Waals surface area contributed by atoms with Gasteiger partial charge in [0.15, 0.2) is 0 Å². The molecule has 19 heavy (non-hydrogen) atoms. The van der Waals surface area contributed by atoms with Crippen molar-refractivity contribution in [2.45, 2.75) is 20.8 Å². The second-order valence-electron chi connectivity index (χ2n) is 2.70. The van der Waals surface area contributed by atoms with Crippen LogP contribution >= 0.6 is 0 Å². The van der Waals surface area contributed by atoms with Gasteiger partial charge in [-0.2, -0.15) is 0 Å². The molecule has 114 valence electrons. The maximum absolute atomic E-state index is 9.56. The van der Waals surface area contributed by atoms with Crippen molar-refractivity contribution in [1.82, 2.24) is 0 Å². The third-order valence-electron chi connectivity index (χ3n) is 1.30. The van der Waals surface area contributed by atoms with Crippen molar-refractivity contribution in [3.8, 4) is 0 Å². The van der Waals surface area contributed by atoms with Crippen molar-refractivity contribution in [1.29, 1.82) is 0 Å². The summed E-state index contributed by atoms with van der Waals surface area (Å²) in [6, 6.07) is 0. The fourth-order valence-electron chi connectivity index (χ4n) is 0.610. The van der Waals surface area contributed by atoms with Crippen LogP contribution in [-0.2, 0) is 14.2 Å². The Morgan fingerprint density at radius 3 is 0.842 bits per heavy atom. The fraction of sp³-hybridized carbons (Fsp3) is 1.00. The van der Waals surface area contributed by atoms with Crippen molar-refractivity contribution < 1.29 is 70.8 Å². The Labute approximate surface area is 150 Å². The third-order valence-corrected chi connectivity index (χ3v) is 1.30. The van der Waals surface area contributed by atoms with Gasteiger partial charge in [0.1, 0.15) is 0 Å². The molecule has 0 aliphatic rings. The Kier molecular flexibility index (Phi) is 54.3. The molecule has 7 heteroatoms. The zero-order chi connectivity index (χ0) is 14.5. The van der Waals surface area contributed by atoms with Crippen LogP contribution in [0.15, 0.2) is 0 Å². The minimum Gasteiger partial charge on any atom is -0.853 e. The molecule has 0 aromatic heterocycles. The fourth-order valence-corrected chi connectivity index (χ4v) is 0.610. The van der Waals surface area contributed by atoms with E-state index in [0.717, 1.165) is 0 Å². The Balaban J connectivity index is -0.0000000865. The summed E-state index contributed by atoms with van der Waals surface area (Å²) in [6.45, 7) is 8.30. The molecule has 0 aromatic carbocycles. The van der Waals surface area contributed by atoms with Crippen LogP contribution in [-0.4, -0.2) is 59.5 Å². The van der Waals surface area contributed by atoms with Gasteiger partial charge in [-0.15, -0.1) is 19.8 Å². The SMILES string of the molecule is CCOCC[O-].CCOCC[O-].CCOCC[O-].[Pr+3]. The van der Waals surface area contributed by atoms with Crippen LogP contribution in [0.1, 0.15) is 20.8 Å². The zero-order valence-corrected chi connectivity index (χ0v) is 16.1. The topological polar surface area (TPSA) is 96.9 Å². The quantitative estimate of drug-likeness (QED) is 0.416. The van der Waals surface area contributed by atoms with Crippen LogP contribution in [0.3, 0.4) is 0 Å². The first-order valence-corrected chi connectivity index (χ1v) is 6.22. The molecule has 0 N–H and O–H groups in total. The monoisotopic (exact) mass is 408 g/mol. The maximum atomic E-state index is 9.56. The van der Waals surface area contributed by atoms with Crippen molar-refractivity contribution in [3.05, 3.63) is 0 Å². The largest absolute Gasteiger partial charge is 3.00 e. The molecule has 0 amide bonds. The molecule has 0 fully saturated rings. The normalized spacial score (nSPS) is 8.53. The van der Waals surface area contributed by atoms with E-state index < -0.39 is 0 Å². The third kappa shape index (κ3) is 54.7. The van der Waals surface area contributed by atoms with E-state index in [2.05, 4.69) is 14.2 Å². The summed E-state index contributed by atoms with van der Waals surface area (Å²) in [6.07, 6.45) is 0. The maximum Gasteiger partial charge on any atom is 3.00 e. The molecule has 0 saturated heterocycles. The predicted molar refractivity (Wildman–Crippen MR) is 64.1 cm³/mol. The smallest absolute Gasteiger partial charge is 0.853 e. The summed E-state index contributed by atoms with van der Waals surface area (Å²) >= 11 is 0. The van der Waals surface area contributed by atoms with Gasteiger partial charge < -0.3 is 29.5 Å². The Bertz CT molecular complexity index is 77.2. The van der Waals surface area contributed by atoms with Crippen molar-refractivity contribution in [2.24, 2.45) is 0 Å². The minimum absolute atomic E-state index is 0. The average Bonchev–Trinajstić information content (AvgIpc) is 2.42. The average molecular weight is 408 g/mol. The van der Waals surface area contributed by atoms with E-state index in [-0.39, 0.29) is 61.1 Å². The van der Waals surface area contributed by atoms with Gasteiger partial charge >= 0.3 is 41.3 Å². The molecule has 0 saturated carbocycles. The summed E-state index contributed by atoms with van der Waals surface area (Å²) in [5.41, 5.74) is 0. The molecular weight excluding hydrogens is 381 g/mol. The van der Waals surface area contributed by atoms with E-state index in [9.17, 15) is 15.3 Å². The molecule has 0 atom stereocenters. The van der Waals surface area contributed by atoms with E-state index in [4.69, 9.17) is 0 Å². The van der Waals surface area contributed by atoms with E-state index in [1.54, 1.807) is 0 Å². The van der Waals surface area contributed by atoms with Gasteiger partial charge in [-0.1, -0.05) is 0 Å². The van der Waals surface area contributed by atoms with Crippen molar-refractivity contribution >= 4 is 0 Å². The van der Waals surface area contributed by atoms with Crippen LogP contribution in [0.5, 0.6) is 0 Å². The number of hydrogen-bond donors (Lipinski definition) is 0. The van der Waals surface area contributed by atoms with Crippen LogP contribution in [0, 0.1) is 41.3 Å². The molecule has 0 spiro atoms. The molecule has 0 heterocycles. The van der Waals surface area contributed by atoms with E-state index in [1.807, 2.05) is 20.8 Å². The van der Waals surface area contributed by atoms with E-state index >= 15 is 0 Å². The first kappa shape index (κ1) is 28.3. The molecule has 6 nitrogen and oxygen atoms in total. The van der Waals surface area contributed by atoms with Crippen molar-refractivity contribution in [2.75, 3.05) is 59.5 Å². The molecule has 0 aliphatic carbocycles. The Hall–Kier alpha value is 1.12. The molecule has 0 aliphatic heterocycles. The van der Waals surface area contributed by atoms with Gasteiger partial charge in [0.05, 0.1) is 0 Å². The van der Waals surface area contributed by atoms with Gasteiger partial charge in [0.2, 0.25) is 0 Å². The van der Waals surface area contributed by atoms with Crippen LogP contribution in [0.25, 0.3) is 0 Å². The summed E-state index contributed by atoms with van der Waals surface area (Å²) in [5, 5.41) is 28.7. The summed E-state index contributed by atoms with van der Waals surface area (Å²) in [5.74, 6) is 0. The van der Waals surface area contributed by atoms with Gasteiger partial charge in [0.25, 0.3) is 0 Å². The Morgan fingerprint density at radius 1 is 0.579 bits per heavy atom. The van der Waals surface area contributed by atoms with Crippen LogP contribution < -0.4 is 15.3 Å². The molecule has 0 unspecified atom stereocenters. The van der Waals surface area contributed by atoms with Gasteiger partial charge in [-0.3, -0.25) is 0 Å². The number of rotatable bonds is 9. The van der Waals surface area contributed by atoms with Crippen LogP contribution in [0.2, 0.25) is 0 Å². The molecular formula is C12H27O6Pr. The molecule has 0 rings (SSSR count). The minimum atomic E-state index is -0.117. The second kappa shape index (κ2) is 36.5. The van der Waals surface area contributed by atoms with Crippen molar-refractivity contribution in [3.63, 3.8) is 0 Å². The number of hydrogen-bond acceptors (Lipinski definition) is 6. The first-order chi connectivity index (χ1) is 8.74. The predicted octanol–water partition coefficient (Wildman–Crippen LogP) is -1.85. The van der Waals surface area contributed by atoms with Gasteiger partial charge in [0, 0.05) is 39.6 Å². The zero-order valence-electron chi connectivity index (χ0n) is 12.4. The molecule has 0 radical (unpaired) electrons. The van der Waals surface area contributed by atoms with Crippen LogP contribution in [0.4, 0.5) is 0 Å². The van der Waals surface area contributed by atoms with E-state index in [0.29, 0.717) is 39.6 Å².